The molecular formula is C55H74O9. The van der Waals surface area contributed by atoms with Crippen molar-refractivity contribution in [2.75, 3.05) is 13.2 Å². The summed E-state index contributed by atoms with van der Waals surface area (Å²) in [6.07, 6.45) is 33.6. The molecule has 11 rings (SSSR count). The molecule has 9 saturated carbocycles. The predicted octanol–water partition coefficient (Wildman–Crippen LogP) is 9.35. The Morgan fingerprint density at radius 3 is 1.98 bits per heavy atom. The fourth-order valence-corrected chi connectivity index (χ4v) is 13.8. The van der Waals surface area contributed by atoms with E-state index < -0.39 is 11.5 Å². The van der Waals surface area contributed by atoms with E-state index in [4.69, 9.17) is 14.2 Å². The van der Waals surface area contributed by atoms with Gasteiger partial charge in [-0.3, -0.25) is 14.4 Å². The van der Waals surface area contributed by atoms with Crippen LogP contribution in [0.5, 0.6) is 0 Å². The lowest BCUT2D eigenvalue weighted by Crippen LogP contribution is -3.04. The highest BCUT2D eigenvalue weighted by Crippen LogP contribution is 3.06. The lowest BCUT2D eigenvalue weighted by atomic mass is 8.96. The highest BCUT2D eigenvalue weighted by Gasteiger charge is 3.03. The molecule has 0 spiro atoms. The van der Waals surface area contributed by atoms with Gasteiger partial charge in [-0.15, -0.1) is 0 Å². The van der Waals surface area contributed by atoms with E-state index in [-0.39, 0.29) is 60.3 Å². The van der Waals surface area contributed by atoms with Gasteiger partial charge >= 0.3 is 11.9 Å². The number of carbonyl (C=O) groups is 4. The fourth-order valence-electron chi connectivity index (χ4n) is 13.8. The number of hydrogen-bond donors (Lipinski definition) is 2. The molecule has 11 aliphatic rings. The average Bonchev–Trinajstić information content (AvgIpc) is 3.74. The molecule has 4 atom stereocenters. The zero-order valence-electron chi connectivity index (χ0n) is 39.2. The summed E-state index contributed by atoms with van der Waals surface area (Å²) in [5.74, 6) is 8.01. The molecule has 0 saturated heterocycles. The highest BCUT2D eigenvalue weighted by molar-refractivity contribution is 6.07. The van der Waals surface area contributed by atoms with Crippen LogP contribution in [0.4, 0.5) is 0 Å². The van der Waals surface area contributed by atoms with Gasteiger partial charge in [-0.1, -0.05) is 74.6 Å². The van der Waals surface area contributed by atoms with Crippen molar-refractivity contribution in [3.63, 3.8) is 0 Å². The van der Waals surface area contributed by atoms with Crippen molar-refractivity contribution in [2.24, 2.45) is 75.4 Å². The number of ketones is 2. The summed E-state index contributed by atoms with van der Waals surface area (Å²) in [5.41, 5.74) is 2.20. The van der Waals surface area contributed by atoms with Crippen LogP contribution in [0, 0.1) is 75.4 Å². The molecule has 0 radical (unpaired) electrons. The van der Waals surface area contributed by atoms with Crippen molar-refractivity contribution in [1.29, 1.82) is 0 Å². The van der Waals surface area contributed by atoms with Crippen molar-refractivity contribution in [3.05, 3.63) is 84.1 Å². The van der Waals surface area contributed by atoms with Gasteiger partial charge in [-0.2, -0.15) is 0 Å². The van der Waals surface area contributed by atoms with E-state index in [1.54, 1.807) is 26.0 Å². The number of unbranched alkanes of at least 4 members (excludes halogenated alkanes) is 1. The van der Waals surface area contributed by atoms with Crippen molar-refractivity contribution in [2.45, 2.75) is 143 Å². The molecule has 0 amide bonds. The van der Waals surface area contributed by atoms with Crippen molar-refractivity contribution < 1.29 is 43.6 Å². The van der Waals surface area contributed by atoms with Gasteiger partial charge in [-0.25, -0.2) is 4.79 Å². The topological polar surface area (TPSA) is 136 Å². The first-order valence-electron chi connectivity index (χ1n) is 24.7. The minimum Gasteiger partial charge on any atom is -0.463 e. The quantitative estimate of drug-likeness (QED) is 0.0421. The largest absolute Gasteiger partial charge is 0.463 e. The smallest absolute Gasteiger partial charge is 0.332 e. The summed E-state index contributed by atoms with van der Waals surface area (Å²) in [6.45, 7) is 11.6. The molecule has 2 bridgehead atoms. The minimum atomic E-state index is -0.526. The lowest BCUT2D eigenvalue weighted by molar-refractivity contribution is -0.599. The lowest BCUT2D eigenvalue weighted by Gasteiger charge is -3.07. The Bertz CT molecular complexity index is 1940. The number of aliphatic hydroxyl groups excluding tert-OH is 2. The van der Waals surface area contributed by atoms with Gasteiger partial charge in [0.05, 0.1) is 31.0 Å². The number of ether oxygens (including phenoxy) is 3. The Hall–Kier alpha value is -3.66. The van der Waals surface area contributed by atoms with Crippen molar-refractivity contribution in [1.82, 2.24) is 0 Å². The monoisotopic (exact) mass is 879 g/mol. The van der Waals surface area contributed by atoms with Crippen LogP contribution in [0.1, 0.15) is 119 Å². The van der Waals surface area contributed by atoms with E-state index in [0.717, 1.165) is 90.6 Å². The molecule has 9 nitrogen and oxygen atoms in total. The zero-order chi connectivity index (χ0) is 45.6. The molecule has 0 aromatic heterocycles. The number of carbonyl (C=O) groups excluding carboxylic acids is 4. The maximum Gasteiger partial charge on any atom is 0.332 e. The third-order valence-corrected chi connectivity index (χ3v) is 16.8. The summed E-state index contributed by atoms with van der Waals surface area (Å²) in [4.78, 5) is 47.7. The summed E-state index contributed by atoms with van der Waals surface area (Å²) in [6, 6.07) is 0. The van der Waals surface area contributed by atoms with Crippen LogP contribution in [0.15, 0.2) is 84.1 Å². The number of esters is 2. The molecule has 2 N–H and O–H groups in total. The Balaban J connectivity index is 0.000000179. The van der Waals surface area contributed by atoms with Crippen LogP contribution in [0.2, 0.25) is 0 Å². The average molecular weight is 879 g/mol. The van der Waals surface area contributed by atoms with Gasteiger partial charge in [0.25, 0.3) is 0 Å². The van der Waals surface area contributed by atoms with Gasteiger partial charge in [0, 0.05) is 34.8 Å². The minimum absolute atomic E-state index is 0.00199. The van der Waals surface area contributed by atoms with Gasteiger partial charge in [0.1, 0.15) is 6.61 Å². The van der Waals surface area contributed by atoms with E-state index in [1.807, 2.05) is 64.2 Å². The first-order chi connectivity index (χ1) is 30.5. The molecule has 0 unspecified atom stereocenters. The Labute approximate surface area is 381 Å². The van der Waals surface area contributed by atoms with Gasteiger partial charge in [-0.05, 0) is 169 Å². The molecule has 11 aliphatic carbocycles. The van der Waals surface area contributed by atoms with Gasteiger partial charge in [0.2, 0.25) is 0 Å². The number of hydrogen-bond acceptors (Lipinski definition) is 9. The van der Waals surface area contributed by atoms with E-state index >= 15 is 0 Å². The van der Waals surface area contributed by atoms with E-state index in [2.05, 4.69) is 24.3 Å². The Morgan fingerprint density at radius 1 is 0.781 bits per heavy atom. The van der Waals surface area contributed by atoms with Crippen LogP contribution in [-0.2, 0) is 33.4 Å². The van der Waals surface area contributed by atoms with E-state index in [0.29, 0.717) is 43.1 Å². The second-order valence-electron chi connectivity index (χ2n) is 22.1. The normalized spacial score (nSPS) is 37.2. The third kappa shape index (κ3) is 8.96. The first-order valence-corrected chi connectivity index (χ1v) is 24.7. The maximum atomic E-state index is 12.5. The first kappa shape index (κ1) is 46.9. The predicted molar refractivity (Wildman–Crippen MR) is 246 cm³/mol. The molecule has 348 valence electrons. The third-order valence-electron chi connectivity index (χ3n) is 16.8. The molecule has 0 aromatic carbocycles. The van der Waals surface area contributed by atoms with E-state index in [9.17, 15) is 29.4 Å². The number of aliphatic hydroxyl groups is 2. The molecule has 9 fully saturated rings. The molecule has 0 heterocycles. The SMILES string of the molecule is CC(C)OC(=O)CCC/C=C\C[C@H]1C=CC(=O)/C1=C/C[C@@H](O)CCC12CC(C1)C2.CC(C)OC(=O)COC/C=C\C[C@H]1C=CC(=O)/C1=C/C(C)(C)[C@@H](O)C/C=C\C12C3C4C5C3C1C5C42. The summed E-state index contributed by atoms with van der Waals surface area (Å²) in [5, 5.41) is 21.3. The zero-order valence-corrected chi connectivity index (χ0v) is 39.2. The van der Waals surface area contributed by atoms with Crippen LogP contribution in [-0.4, -0.2) is 71.3 Å². The second-order valence-corrected chi connectivity index (χ2v) is 22.1. The maximum absolute atomic E-state index is 12.5. The van der Waals surface area contributed by atoms with Crippen LogP contribution < -0.4 is 0 Å². The number of allylic oxidation sites excluding steroid dienone is 10. The van der Waals surface area contributed by atoms with Crippen molar-refractivity contribution >= 4 is 23.5 Å². The molecule has 0 aliphatic heterocycles. The van der Waals surface area contributed by atoms with Crippen LogP contribution in [0.3, 0.4) is 0 Å². The summed E-state index contributed by atoms with van der Waals surface area (Å²) in [7, 11) is 0. The fraction of sp³-hybridized carbons (Fsp3) is 0.673. The van der Waals surface area contributed by atoms with Crippen LogP contribution in [0.25, 0.3) is 0 Å². The number of rotatable bonds is 24. The van der Waals surface area contributed by atoms with Gasteiger partial charge < -0.3 is 24.4 Å². The molecule has 0 aromatic rings. The van der Waals surface area contributed by atoms with Crippen LogP contribution >= 0.6 is 0 Å². The standard InChI is InChI=1S/C30H38O5.C25H36O4/c1-16(2)35-21(33)15-34-13-6-5-8-17-10-11-19(31)18(17)14-29(3,4)20(32)9-7-12-30-26-23-22-24(26)28(30)25(22)27(23)30;1-18(2)29-24(28)8-6-4-3-5-7-20-9-12-23(27)22(20)11-10-21(26)13-14-25-15-19(16-25)17-25/h5-7,10-12,14,16-17,20,22-28,32H,8-9,13,15H2,1-4H3;3,5,9,11-12,18-21,26H,4,6-8,10,13-17H2,1-2H3/b6-5-,12-7-,18-14+;5-3-,22-11+/t17-,20-,22?,23?,24?,25?,26?,27?,28?,30?;19?,20-,21+,25?/m00/s1. The molecular weight excluding hydrogens is 805 g/mol. The molecule has 64 heavy (non-hydrogen) atoms. The van der Waals surface area contributed by atoms with Crippen molar-refractivity contribution in [3.8, 4) is 0 Å². The summed E-state index contributed by atoms with van der Waals surface area (Å²) >= 11 is 0. The Morgan fingerprint density at radius 2 is 1.38 bits per heavy atom. The Kier molecular flexibility index (Phi) is 13.8. The second kappa shape index (κ2) is 18.9. The van der Waals surface area contributed by atoms with E-state index in [1.165, 1.54) is 19.3 Å². The summed E-state index contributed by atoms with van der Waals surface area (Å²) < 4.78 is 15.5. The molecule has 9 heteroatoms. The van der Waals surface area contributed by atoms with Gasteiger partial charge in [0.15, 0.2) is 11.6 Å². The highest BCUT2D eigenvalue weighted by atomic mass is 16.6.